The number of benzene rings is 2. The van der Waals surface area contributed by atoms with Crippen LogP contribution >= 0.6 is 11.6 Å². The Kier molecular flexibility index (Phi) is 4.99. The number of hydrogen-bond donors (Lipinski definition) is 1. The summed E-state index contributed by atoms with van der Waals surface area (Å²) in [6.07, 6.45) is 3.09. The van der Waals surface area contributed by atoms with Crippen LogP contribution in [0.4, 0.5) is 0 Å². The lowest BCUT2D eigenvalue weighted by Gasteiger charge is -2.18. The van der Waals surface area contributed by atoms with E-state index >= 15 is 0 Å². The number of carbonyl (C=O) groups is 1. The van der Waals surface area contributed by atoms with Crippen LogP contribution in [0.25, 0.3) is 5.69 Å². The van der Waals surface area contributed by atoms with Gasteiger partial charge in [-0.2, -0.15) is 5.10 Å². The highest BCUT2D eigenvalue weighted by molar-refractivity contribution is 6.30. The minimum Gasteiger partial charge on any atom is -0.344 e. The second-order valence-corrected chi connectivity index (χ2v) is 7.40. The predicted molar refractivity (Wildman–Crippen MR) is 107 cm³/mol. The van der Waals surface area contributed by atoms with Crippen molar-refractivity contribution in [2.45, 2.75) is 38.1 Å². The zero-order valence-corrected chi connectivity index (χ0v) is 16.0. The monoisotopic (exact) mass is 379 g/mol. The molecule has 1 fully saturated rings. The van der Waals surface area contributed by atoms with E-state index < -0.39 is 0 Å². The Morgan fingerprint density at radius 2 is 1.89 bits per heavy atom. The van der Waals surface area contributed by atoms with Crippen LogP contribution in [0.2, 0.25) is 5.02 Å². The van der Waals surface area contributed by atoms with Gasteiger partial charge in [0.2, 0.25) is 0 Å². The van der Waals surface area contributed by atoms with Gasteiger partial charge in [-0.25, -0.2) is 4.68 Å². The SMILES string of the molecule is CCC(NC(=O)c1cc(C2CC2)nn1-c1ccccc1)c1ccc(Cl)cc1. The van der Waals surface area contributed by atoms with Gasteiger partial charge < -0.3 is 5.32 Å². The van der Waals surface area contributed by atoms with Gasteiger partial charge in [0.25, 0.3) is 5.91 Å². The summed E-state index contributed by atoms with van der Waals surface area (Å²) in [5.41, 5.74) is 3.52. The summed E-state index contributed by atoms with van der Waals surface area (Å²) in [6.45, 7) is 2.06. The van der Waals surface area contributed by atoms with E-state index in [0.29, 0.717) is 16.6 Å². The molecule has 1 N–H and O–H groups in total. The molecule has 1 aromatic heterocycles. The van der Waals surface area contributed by atoms with Gasteiger partial charge in [0.15, 0.2) is 0 Å². The van der Waals surface area contributed by atoms with Gasteiger partial charge in [-0.1, -0.05) is 48.9 Å². The Bertz CT molecular complexity index is 930. The first-order valence-corrected chi connectivity index (χ1v) is 9.75. The number of carbonyl (C=O) groups excluding carboxylic acids is 1. The minimum absolute atomic E-state index is 0.0711. The number of halogens is 1. The van der Waals surface area contributed by atoms with Crippen LogP contribution in [0, 0.1) is 0 Å². The van der Waals surface area contributed by atoms with E-state index in [9.17, 15) is 4.79 Å². The van der Waals surface area contributed by atoms with Crippen molar-refractivity contribution in [2.75, 3.05) is 0 Å². The van der Waals surface area contributed by atoms with Crippen molar-refractivity contribution in [3.8, 4) is 5.69 Å². The molecule has 1 aliphatic rings. The zero-order chi connectivity index (χ0) is 18.8. The molecular weight excluding hydrogens is 358 g/mol. The van der Waals surface area contributed by atoms with Gasteiger partial charge in [0, 0.05) is 10.9 Å². The number of para-hydroxylation sites is 1. The van der Waals surface area contributed by atoms with E-state index in [1.807, 2.05) is 60.7 Å². The fourth-order valence-corrected chi connectivity index (χ4v) is 3.38. The molecule has 1 saturated carbocycles. The zero-order valence-electron chi connectivity index (χ0n) is 15.2. The Morgan fingerprint density at radius 1 is 1.19 bits per heavy atom. The van der Waals surface area contributed by atoms with Crippen molar-refractivity contribution in [1.82, 2.24) is 15.1 Å². The highest BCUT2D eigenvalue weighted by Crippen LogP contribution is 2.39. The largest absolute Gasteiger partial charge is 0.344 e. The average molecular weight is 380 g/mol. The third-order valence-corrected chi connectivity index (χ3v) is 5.20. The molecule has 1 atom stereocenters. The van der Waals surface area contributed by atoms with Crippen molar-refractivity contribution in [3.63, 3.8) is 0 Å². The van der Waals surface area contributed by atoms with E-state index in [2.05, 4.69) is 12.2 Å². The molecule has 1 heterocycles. The summed E-state index contributed by atoms with van der Waals surface area (Å²) in [6, 6.07) is 19.3. The van der Waals surface area contributed by atoms with E-state index in [4.69, 9.17) is 16.7 Å². The lowest BCUT2D eigenvalue weighted by atomic mass is 10.0. The fourth-order valence-electron chi connectivity index (χ4n) is 3.25. The molecule has 1 amide bonds. The van der Waals surface area contributed by atoms with Crippen LogP contribution in [0.5, 0.6) is 0 Å². The molecule has 4 rings (SSSR count). The summed E-state index contributed by atoms with van der Waals surface area (Å²) in [7, 11) is 0. The number of nitrogens with one attached hydrogen (secondary N) is 1. The molecule has 5 heteroatoms. The Labute approximate surface area is 164 Å². The van der Waals surface area contributed by atoms with Gasteiger partial charge >= 0.3 is 0 Å². The Hall–Kier alpha value is -2.59. The maximum atomic E-state index is 13.1. The molecule has 138 valence electrons. The van der Waals surface area contributed by atoms with Crippen molar-refractivity contribution in [2.24, 2.45) is 0 Å². The summed E-state index contributed by atoms with van der Waals surface area (Å²) in [5.74, 6) is 0.375. The normalized spacial score (nSPS) is 14.7. The quantitative estimate of drug-likeness (QED) is 0.633. The molecular formula is C22H22ClN3O. The lowest BCUT2D eigenvalue weighted by molar-refractivity contribution is 0.0927. The van der Waals surface area contributed by atoms with Gasteiger partial charge in [0.05, 0.1) is 17.4 Å². The summed E-state index contributed by atoms with van der Waals surface area (Å²) < 4.78 is 1.76. The number of amides is 1. The molecule has 4 nitrogen and oxygen atoms in total. The molecule has 0 spiro atoms. The van der Waals surface area contributed by atoms with Crippen LogP contribution in [-0.2, 0) is 0 Å². The number of nitrogens with zero attached hydrogens (tertiary/aromatic N) is 2. The topological polar surface area (TPSA) is 46.9 Å². The molecule has 2 aromatic carbocycles. The van der Waals surface area contributed by atoms with E-state index in [1.165, 1.54) is 0 Å². The summed E-state index contributed by atoms with van der Waals surface area (Å²) >= 11 is 5.99. The second kappa shape index (κ2) is 7.57. The van der Waals surface area contributed by atoms with Gasteiger partial charge in [-0.15, -0.1) is 0 Å². The summed E-state index contributed by atoms with van der Waals surface area (Å²) in [5, 5.41) is 8.57. The van der Waals surface area contributed by atoms with E-state index in [-0.39, 0.29) is 11.9 Å². The molecule has 0 saturated heterocycles. The Balaban J connectivity index is 1.63. The average Bonchev–Trinajstić information content (AvgIpc) is 3.45. The highest BCUT2D eigenvalue weighted by Gasteiger charge is 2.29. The van der Waals surface area contributed by atoms with Crippen molar-refractivity contribution in [1.29, 1.82) is 0 Å². The maximum absolute atomic E-state index is 13.1. The third-order valence-electron chi connectivity index (χ3n) is 4.94. The lowest BCUT2D eigenvalue weighted by Crippen LogP contribution is -2.29. The van der Waals surface area contributed by atoms with E-state index in [1.54, 1.807) is 4.68 Å². The van der Waals surface area contributed by atoms with Crippen LogP contribution in [-0.4, -0.2) is 15.7 Å². The van der Waals surface area contributed by atoms with Crippen LogP contribution in [0.15, 0.2) is 60.7 Å². The number of aromatic nitrogens is 2. The van der Waals surface area contributed by atoms with Gasteiger partial charge in [-0.05, 0) is 55.2 Å². The fraction of sp³-hybridized carbons (Fsp3) is 0.273. The molecule has 0 aliphatic heterocycles. The summed E-state index contributed by atoms with van der Waals surface area (Å²) in [4.78, 5) is 13.1. The van der Waals surface area contributed by atoms with Crippen LogP contribution < -0.4 is 5.32 Å². The van der Waals surface area contributed by atoms with Crippen LogP contribution in [0.1, 0.15) is 59.9 Å². The highest BCUT2D eigenvalue weighted by atomic mass is 35.5. The molecule has 27 heavy (non-hydrogen) atoms. The molecule has 3 aromatic rings. The molecule has 0 bridgehead atoms. The first-order chi connectivity index (χ1) is 13.2. The molecule has 0 radical (unpaired) electrons. The van der Waals surface area contributed by atoms with Crippen molar-refractivity contribution in [3.05, 3.63) is 82.6 Å². The first-order valence-electron chi connectivity index (χ1n) is 9.37. The van der Waals surface area contributed by atoms with Crippen molar-refractivity contribution < 1.29 is 4.79 Å². The minimum atomic E-state index is -0.111. The van der Waals surface area contributed by atoms with Crippen molar-refractivity contribution >= 4 is 17.5 Å². The molecule has 1 unspecified atom stereocenters. The van der Waals surface area contributed by atoms with Crippen LogP contribution in [0.3, 0.4) is 0 Å². The standard InChI is InChI=1S/C22H22ClN3O/c1-2-19(15-10-12-17(23)13-11-15)24-22(27)21-14-20(16-8-9-16)25-26(21)18-6-4-3-5-7-18/h3-7,10-14,16,19H,2,8-9H2,1H3,(H,24,27). The van der Waals surface area contributed by atoms with Gasteiger partial charge in [-0.3, -0.25) is 4.79 Å². The third kappa shape index (κ3) is 3.91. The number of hydrogen-bond acceptors (Lipinski definition) is 2. The van der Waals surface area contributed by atoms with E-state index in [0.717, 1.165) is 36.2 Å². The smallest absolute Gasteiger partial charge is 0.270 e. The maximum Gasteiger partial charge on any atom is 0.270 e. The first kappa shape index (κ1) is 17.8. The molecule has 1 aliphatic carbocycles. The predicted octanol–water partition coefficient (Wildman–Crippen LogP) is 5.28. The number of rotatable bonds is 6. The van der Waals surface area contributed by atoms with Gasteiger partial charge in [0.1, 0.15) is 5.69 Å². The Morgan fingerprint density at radius 3 is 2.52 bits per heavy atom. The second-order valence-electron chi connectivity index (χ2n) is 6.96.